The van der Waals surface area contributed by atoms with Crippen molar-refractivity contribution in [2.75, 3.05) is 19.7 Å². The Kier molecular flexibility index (Phi) is 8.07. The van der Waals surface area contributed by atoms with Crippen LogP contribution in [0, 0.1) is 0 Å². The van der Waals surface area contributed by atoms with Crippen LogP contribution in [0.4, 0.5) is 0 Å². The molecule has 0 bridgehead atoms. The van der Waals surface area contributed by atoms with Gasteiger partial charge < -0.3 is 14.9 Å². The molecule has 0 fully saturated rings. The molecule has 2 rings (SSSR count). The Balaban J connectivity index is 2.40. The number of aromatic hydroxyl groups is 1. The molecular formula is C24H34N2O5S. The highest BCUT2D eigenvalue weighted by Crippen LogP contribution is 2.42. The number of carbonyl (C=O) groups excluding carboxylic acids is 1. The second-order valence-electron chi connectivity index (χ2n) is 9.89. The van der Waals surface area contributed by atoms with Gasteiger partial charge in [0.2, 0.25) is 0 Å². The summed E-state index contributed by atoms with van der Waals surface area (Å²) in [5.74, 6) is -1.17. The number of nitrogens with zero attached hydrogens (tertiary/aromatic N) is 2. The summed E-state index contributed by atoms with van der Waals surface area (Å²) >= 11 is 1.41. The Labute approximate surface area is 194 Å². The van der Waals surface area contributed by atoms with Crippen molar-refractivity contribution >= 4 is 23.3 Å². The van der Waals surface area contributed by atoms with Gasteiger partial charge in [-0.3, -0.25) is 14.5 Å². The van der Waals surface area contributed by atoms with Crippen molar-refractivity contribution in [2.24, 2.45) is 0 Å². The summed E-state index contributed by atoms with van der Waals surface area (Å²) in [6.07, 6.45) is 0. The number of benzene rings is 1. The van der Waals surface area contributed by atoms with E-state index in [9.17, 15) is 19.8 Å². The molecule has 0 aliphatic carbocycles. The van der Waals surface area contributed by atoms with Crippen LogP contribution in [-0.4, -0.2) is 51.7 Å². The van der Waals surface area contributed by atoms with Crippen molar-refractivity contribution < 1.29 is 24.5 Å². The van der Waals surface area contributed by atoms with Crippen LogP contribution in [-0.2, 0) is 31.7 Å². The number of hydrogen-bond donors (Lipinski definition) is 2. The van der Waals surface area contributed by atoms with Crippen molar-refractivity contribution in [3.05, 3.63) is 33.6 Å². The molecule has 7 nitrogen and oxygen atoms in total. The molecule has 32 heavy (non-hydrogen) atoms. The first-order valence-electron chi connectivity index (χ1n) is 10.6. The predicted molar refractivity (Wildman–Crippen MR) is 126 cm³/mol. The number of carbonyl (C=O) groups is 2. The zero-order chi connectivity index (χ0) is 24.3. The van der Waals surface area contributed by atoms with Gasteiger partial charge in [-0.05, 0) is 29.9 Å². The largest absolute Gasteiger partial charge is 0.507 e. The maximum Gasteiger partial charge on any atom is 0.320 e. The Morgan fingerprint density at radius 2 is 1.62 bits per heavy atom. The van der Waals surface area contributed by atoms with E-state index in [2.05, 4.69) is 41.5 Å². The zero-order valence-electron chi connectivity index (χ0n) is 20.0. The molecule has 0 unspecified atom stereocenters. The summed E-state index contributed by atoms with van der Waals surface area (Å²) in [6.45, 7) is 14.1. The first-order valence-corrected chi connectivity index (χ1v) is 11.5. The molecule has 1 aromatic carbocycles. The van der Waals surface area contributed by atoms with Gasteiger partial charge >= 0.3 is 11.9 Å². The molecule has 2 N–H and O–H groups in total. The van der Waals surface area contributed by atoms with Crippen LogP contribution in [0.3, 0.4) is 0 Å². The minimum atomic E-state index is -1.02. The summed E-state index contributed by atoms with van der Waals surface area (Å²) in [6, 6.07) is 3.94. The molecule has 0 spiro atoms. The van der Waals surface area contributed by atoms with E-state index in [1.165, 1.54) is 16.2 Å². The molecule has 176 valence electrons. The second kappa shape index (κ2) is 10.0. The lowest BCUT2D eigenvalue weighted by Gasteiger charge is -2.28. The number of carboxylic acids is 1. The van der Waals surface area contributed by atoms with E-state index in [0.717, 1.165) is 22.4 Å². The fourth-order valence-electron chi connectivity index (χ4n) is 3.38. The van der Waals surface area contributed by atoms with E-state index in [1.807, 2.05) is 17.5 Å². The van der Waals surface area contributed by atoms with Gasteiger partial charge in [-0.2, -0.15) is 0 Å². The number of hydrogen-bond acceptors (Lipinski definition) is 7. The maximum atomic E-state index is 11.8. The van der Waals surface area contributed by atoms with E-state index in [4.69, 9.17) is 9.72 Å². The third-order valence-corrected chi connectivity index (χ3v) is 5.78. The smallest absolute Gasteiger partial charge is 0.320 e. The fraction of sp³-hybridized carbons (Fsp3) is 0.542. The number of phenols is 1. The van der Waals surface area contributed by atoms with Crippen molar-refractivity contribution in [1.82, 2.24) is 9.88 Å². The van der Waals surface area contributed by atoms with E-state index >= 15 is 0 Å². The summed E-state index contributed by atoms with van der Waals surface area (Å²) in [5.41, 5.74) is 2.85. The van der Waals surface area contributed by atoms with Crippen molar-refractivity contribution in [2.45, 2.75) is 65.8 Å². The highest BCUT2D eigenvalue weighted by Gasteiger charge is 2.27. The number of thiazole rings is 1. The predicted octanol–water partition coefficient (Wildman–Crippen LogP) is 4.56. The number of phenolic OH excluding ortho intramolecular Hbond substituents is 1. The lowest BCUT2D eigenvalue weighted by atomic mass is 9.78. The van der Waals surface area contributed by atoms with Crippen LogP contribution in [0.5, 0.6) is 5.75 Å². The molecular weight excluding hydrogens is 428 g/mol. The van der Waals surface area contributed by atoms with Crippen LogP contribution in [0.2, 0.25) is 0 Å². The fourth-order valence-corrected chi connectivity index (χ4v) is 4.23. The first-order chi connectivity index (χ1) is 14.7. The molecule has 0 saturated heterocycles. The van der Waals surface area contributed by atoms with Crippen LogP contribution in [0.15, 0.2) is 17.5 Å². The number of ether oxygens (including phenoxy) is 1. The van der Waals surface area contributed by atoms with E-state index in [-0.39, 0.29) is 37.1 Å². The monoisotopic (exact) mass is 462 g/mol. The van der Waals surface area contributed by atoms with Gasteiger partial charge in [-0.15, -0.1) is 11.3 Å². The third kappa shape index (κ3) is 6.77. The second-order valence-corrected chi connectivity index (χ2v) is 10.8. The standard InChI is InChI=1S/C24H34N2O5S/c1-8-31-21(29)13-26(12-20(27)28)11-19-25-18(14-32-19)15-9-16(23(2,3)4)22(30)17(10-15)24(5,6)7/h9-10,14,30H,8,11-13H2,1-7H3,(H,27,28). The normalized spacial score (nSPS) is 12.2. The van der Waals surface area contributed by atoms with Crippen LogP contribution < -0.4 is 0 Å². The van der Waals surface area contributed by atoms with Gasteiger partial charge in [0.05, 0.1) is 31.9 Å². The zero-order valence-corrected chi connectivity index (χ0v) is 20.8. The Hall–Kier alpha value is -2.45. The van der Waals surface area contributed by atoms with Crippen molar-refractivity contribution in [3.63, 3.8) is 0 Å². The number of rotatable bonds is 8. The summed E-state index contributed by atoms with van der Waals surface area (Å²) < 4.78 is 4.95. The van der Waals surface area contributed by atoms with E-state index in [1.54, 1.807) is 6.92 Å². The molecule has 0 saturated carbocycles. The molecule has 1 heterocycles. The summed E-state index contributed by atoms with van der Waals surface area (Å²) in [7, 11) is 0. The minimum Gasteiger partial charge on any atom is -0.507 e. The van der Waals surface area contributed by atoms with Gasteiger partial charge in [-0.25, -0.2) is 4.98 Å². The molecule has 1 aromatic heterocycles. The third-order valence-electron chi connectivity index (χ3n) is 4.95. The lowest BCUT2D eigenvalue weighted by molar-refractivity contribution is -0.146. The summed E-state index contributed by atoms with van der Waals surface area (Å²) in [4.78, 5) is 29.3. The van der Waals surface area contributed by atoms with Crippen molar-refractivity contribution in [3.8, 4) is 17.0 Å². The highest BCUT2D eigenvalue weighted by atomic mass is 32.1. The summed E-state index contributed by atoms with van der Waals surface area (Å²) in [5, 5.41) is 22.8. The van der Waals surface area contributed by atoms with Crippen molar-refractivity contribution in [1.29, 1.82) is 0 Å². The van der Waals surface area contributed by atoms with Gasteiger partial charge in [-0.1, -0.05) is 41.5 Å². The Morgan fingerprint density at radius 1 is 1.06 bits per heavy atom. The van der Waals surface area contributed by atoms with Gasteiger partial charge in [0, 0.05) is 22.1 Å². The number of aliphatic carboxylic acids is 1. The Morgan fingerprint density at radius 3 is 2.09 bits per heavy atom. The highest BCUT2D eigenvalue weighted by molar-refractivity contribution is 7.09. The van der Waals surface area contributed by atoms with Gasteiger partial charge in [0.25, 0.3) is 0 Å². The molecule has 0 amide bonds. The minimum absolute atomic E-state index is 0.114. The van der Waals surface area contributed by atoms with Gasteiger partial charge in [0.1, 0.15) is 10.8 Å². The number of carboxylic acid groups (broad SMARTS) is 1. The maximum absolute atomic E-state index is 11.8. The lowest BCUT2D eigenvalue weighted by Crippen LogP contribution is -2.34. The molecule has 0 aliphatic heterocycles. The van der Waals surface area contributed by atoms with E-state index < -0.39 is 11.9 Å². The van der Waals surface area contributed by atoms with Crippen LogP contribution in [0.25, 0.3) is 11.3 Å². The number of esters is 1. The first kappa shape index (κ1) is 25.8. The molecule has 0 aliphatic rings. The Bertz CT molecular complexity index is 934. The molecule has 8 heteroatoms. The SMILES string of the molecule is CCOC(=O)CN(CC(=O)O)Cc1nc(-c2cc(C(C)(C)C)c(O)c(C(C)(C)C)c2)cs1. The molecule has 0 atom stereocenters. The van der Waals surface area contributed by atoms with Gasteiger partial charge in [0.15, 0.2) is 0 Å². The topological polar surface area (TPSA) is 100.0 Å². The van der Waals surface area contributed by atoms with E-state index in [0.29, 0.717) is 10.8 Å². The molecule has 2 aromatic rings. The molecule has 0 radical (unpaired) electrons. The quantitative estimate of drug-likeness (QED) is 0.555. The van der Waals surface area contributed by atoms with Crippen LogP contribution in [0.1, 0.15) is 64.6 Å². The number of aromatic nitrogens is 1. The average molecular weight is 463 g/mol. The van der Waals surface area contributed by atoms with Crippen LogP contribution >= 0.6 is 11.3 Å². The average Bonchev–Trinajstić information content (AvgIpc) is 3.07.